The number of aliphatic hydroxyl groups is 1. The number of benzene rings is 1. The van der Waals surface area contributed by atoms with E-state index in [1.165, 1.54) is 0 Å². The second-order valence-corrected chi connectivity index (χ2v) is 3.94. The average molecular weight is 221 g/mol. The Morgan fingerprint density at radius 1 is 1.38 bits per heavy atom. The van der Waals surface area contributed by atoms with Crippen molar-refractivity contribution in [2.45, 2.75) is 32.4 Å². The monoisotopic (exact) mass is 221 g/mol. The minimum atomic E-state index is -0.358. The third-order valence-corrected chi connectivity index (χ3v) is 2.09. The smallest absolute Gasteiger partial charge is 0.193 e. The molecule has 0 aliphatic heterocycles. The van der Waals surface area contributed by atoms with Crippen molar-refractivity contribution in [2.75, 3.05) is 5.32 Å². The molecule has 1 rings (SSSR count). The highest BCUT2D eigenvalue weighted by molar-refractivity contribution is 5.92. The Morgan fingerprint density at radius 2 is 2.00 bits per heavy atom. The summed E-state index contributed by atoms with van der Waals surface area (Å²) in [6.07, 6.45) is 0.250. The lowest BCUT2D eigenvalue weighted by Crippen LogP contribution is -2.25. The highest BCUT2D eigenvalue weighted by Gasteiger charge is 2.04. The number of hydrogen-bond donors (Lipinski definition) is 3. The quantitative estimate of drug-likeness (QED) is 0.534. The summed E-state index contributed by atoms with van der Waals surface area (Å²) in [6, 6.07) is 9.64. The molecule has 0 aliphatic carbocycles. The van der Waals surface area contributed by atoms with Crippen LogP contribution in [0.2, 0.25) is 0 Å². The summed E-state index contributed by atoms with van der Waals surface area (Å²) >= 11 is 0. The maximum Gasteiger partial charge on any atom is 0.193 e. The van der Waals surface area contributed by atoms with E-state index in [2.05, 4.69) is 10.3 Å². The topological polar surface area (TPSA) is 70.6 Å². The van der Waals surface area contributed by atoms with Gasteiger partial charge >= 0.3 is 0 Å². The molecule has 16 heavy (non-hydrogen) atoms. The number of anilines is 1. The van der Waals surface area contributed by atoms with Crippen molar-refractivity contribution in [3.05, 3.63) is 30.3 Å². The second-order valence-electron chi connectivity index (χ2n) is 3.94. The highest BCUT2D eigenvalue weighted by Crippen LogP contribution is 2.05. The third kappa shape index (κ3) is 4.79. The zero-order valence-electron chi connectivity index (χ0n) is 9.72. The summed E-state index contributed by atoms with van der Waals surface area (Å²) in [6.45, 7) is 3.67. The second kappa shape index (κ2) is 6.12. The van der Waals surface area contributed by atoms with Gasteiger partial charge in [-0.2, -0.15) is 0 Å². The molecule has 0 radical (unpaired) electrons. The Kier molecular flexibility index (Phi) is 4.79. The van der Waals surface area contributed by atoms with E-state index in [9.17, 15) is 5.11 Å². The summed E-state index contributed by atoms with van der Waals surface area (Å²) < 4.78 is 0. The van der Waals surface area contributed by atoms with Gasteiger partial charge in [0.2, 0.25) is 0 Å². The Hall–Kier alpha value is -1.55. The molecule has 1 aromatic carbocycles. The Bertz CT molecular complexity index is 335. The molecule has 4 heteroatoms. The zero-order valence-corrected chi connectivity index (χ0v) is 9.72. The highest BCUT2D eigenvalue weighted by atomic mass is 16.3. The SMILES string of the molecule is CC(O)CC(C)N=C(N)Nc1ccccc1. The zero-order chi connectivity index (χ0) is 12.0. The molecular weight excluding hydrogens is 202 g/mol. The van der Waals surface area contributed by atoms with Crippen LogP contribution in [0, 0.1) is 0 Å². The number of nitrogens with zero attached hydrogens (tertiary/aromatic N) is 1. The number of guanidine groups is 1. The third-order valence-electron chi connectivity index (χ3n) is 2.09. The first kappa shape index (κ1) is 12.5. The van der Waals surface area contributed by atoms with Crippen LogP contribution in [0.3, 0.4) is 0 Å². The number of para-hydroxylation sites is 1. The van der Waals surface area contributed by atoms with E-state index in [1.54, 1.807) is 6.92 Å². The van der Waals surface area contributed by atoms with Gasteiger partial charge in [-0.1, -0.05) is 18.2 Å². The van der Waals surface area contributed by atoms with Crippen molar-refractivity contribution >= 4 is 11.6 Å². The molecule has 2 atom stereocenters. The standard InChI is InChI=1S/C12H19N3O/c1-9(8-10(2)16)14-12(13)15-11-6-4-3-5-7-11/h3-7,9-10,16H,8H2,1-2H3,(H3,13,14,15). The maximum absolute atomic E-state index is 9.19. The van der Waals surface area contributed by atoms with Crippen LogP contribution in [-0.2, 0) is 0 Å². The van der Waals surface area contributed by atoms with Crippen LogP contribution in [0.15, 0.2) is 35.3 Å². The summed E-state index contributed by atoms with van der Waals surface area (Å²) in [4.78, 5) is 4.24. The van der Waals surface area contributed by atoms with Crippen LogP contribution in [0.25, 0.3) is 0 Å². The van der Waals surface area contributed by atoms with Gasteiger partial charge in [0.1, 0.15) is 0 Å². The molecule has 0 aliphatic rings. The van der Waals surface area contributed by atoms with Gasteiger partial charge in [0.25, 0.3) is 0 Å². The van der Waals surface area contributed by atoms with Crippen LogP contribution in [-0.4, -0.2) is 23.2 Å². The fraction of sp³-hybridized carbons (Fsp3) is 0.417. The molecule has 0 saturated heterocycles. The van der Waals surface area contributed by atoms with E-state index < -0.39 is 0 Å². The van der Waals surface area contributed by atoms with E-state index in [0.29, 0.717) is 12.4 Å². The number of hydrogen-bond acceptors (Lipinski definition) is 2. The van der Waals surface area contributed by atoms with E-state index in [4.69, 9.17) is 5.73 Å². The predicted octanol–water partition coefficient (Wildman–Crippen LogP) is 1.57. The Balaban J connectivity index is 2.51. The van der Waals surface area contributed by atoms with Crippen molar-refractivity contribution in [3.63, 3.8) is 0 Å². The first-order valence-electron chi connectivity index (χ1n) is 5.41. The molecule has 0 aromatic heterocycles. The molecule has 0 heterocycles. The van der Waals surface area contributed by atoms with Gasteiger partial charge in [-0.3, -0.25) is 4.99 Å². The van der Waals surface area contributed by atoms with Gasteiger partial charge in [0, 0.05) is 5.69 Å². The van der Waals surface area contributed by atoms with Gasteiger partial charge in [-0.05, 0) is 32.4 Å². The molecule has 88 valence electrons. The average Bonchev–Trinajstić information content (AvgIpc) is 2.17. The van der Waals surface area contributed by atoms with Crippen molar-refractivity contribution in [2.24, 2.45) is 10.7 Å². The van der Waals surface area contributed by atoms with Crippen LogP contribution in [0.4, 0.5) is 5.69 Å². The Labute approximate surface area is 96.2 Å². The van der Waals surface area contributed by atoms with Crippen LogP contribution in [0.5, 0.6) is 0 Å². The maximum atomic E-state index is 9.19. The molecule has 0 saturated carbocycles. The number of aliphatic imine (C=N–C) groups is 1. The summed E-state index contributed by atoms with van der Waals surface area (Å²) in [5, 5.41) is 12.2. The van der Waals surface area contributed by atoms with Gasteiger partial charge in [-0.15, -0.1) is 0 Å². The van der Waals surface area contributed by atoms with Gasteiger partial charge in [-0.25, -0.2) is 0 Å². The molecule has 1 aromatic rings. The summed E-state index contributed by atoms with van der Waals surface area (Å²) in [5.74, 6) is 0.374. The first-order valence-corrected chi connectivity index (χ1v) is 5.41. The van der Waals surface area contributed by atoms with Crippen LogP contribution in [0.1, 0.15) is 20.3 Å². The molecule has 0 bridgehead atoms. The number of nitrogens with two attached hydrogens (primary N) is 1. The number of aliphatic hydroxyl groups excluding tert-OH is 1. The minimum Gasteiger partial charge on any atom is -0.393 e. The molecule has 0 fully saturated rings. The van der Waals surface area contributed by atoms with Crippen molar-refractivity contribution in [1.29, 1.82) is 0 Å². The number of rotatable bonds is 4. The fourth-order valence-corrected chi connectivity index (χ4v) is 1.49. The molecule has 4 nitrogen and oxygen atoms in total. The van der Waals surface area contributed by atoms with Gasteiger partial charge in [0.05, 0.1) is 12.1 Å². The lowest BCUT2D eigenvalue weighted by atomic mass is 10.2. The lowest BCUT2D eigenvalue weighted by molar-refractivity contribution is 0.177. The predicted molar refractivity (Wildman–Crippen MR) is 67.4 cm³/mol. The lowest BCUT2D eigenvalue weighted by Gasteiger charge is -2.11. The van der Waals surface area contributed by atoms with E-state index in [-0.39, 0.29) is 12.1 Å². The van der Waals surface area contributed by atoms with E-state index >= 15 is 0 Å². The van der Waals surface area contributed by atoms with Crippen molar-refractivity contribution in [1.82, 2.24) is 0 Å². The molecule has 4 N–H and O–H groups in total. The summed E-state index contributed by atoms with van der Waals surface area (Å²) in [7, 11) is 0. The molecule has 0 spiro atoms. The largest absolute Gasteiger partial charge is 0.393 e. The fourth-order valence-electron chi connectivity index (χ4n) is 1.49. The molecule has 2 unspecified atom stereocenters. The van der Waals surface area contributed by atoms with Crippen molar-refractivity contribution in [3.8, 4) is 0 Å². The van der Waals surface area contributed by atoms with E-state index in [0.717, 1.165) is 5.69 Å². The number of nitrogens with one attached hydrogen (secondary N) is 1. The van der Waals surface area contributed by atoms with E-state index in [1.807, 2.05) is 37.3 Å². The molecular formula is C12H19N3O. The van der Waals surface area contributed by atoms with Crippen molar-refractivity contribution < 1.29 is 5.11 Å². The van der Waals surface area contributed by atoms with Gasteiger partial charge < -0.3 is 16.2 Å². The van der Waals surface area contributed by atoms with Crippen LogP contribution >= 0.6 is 0 Å². The normalized spacial score (nSPS) is 15.6. The summed E-state index contributed by atoms with van der Waals surface area (Å²) in [5.41, 5.74) is 6.65. The minimum absolute atomic E-state index is 0.0104. The van der Waals surface area contributed by atoms with Gasteiger partial charge in [0.15, 0.2) is 5.96 Å². The van der Waals surface area contributed by atoms with Crippen LogP contribution < -0.4 is 11.1 Å². The first-order chi connectivity index (χ1) is 7.58. The Morgan fingerprint density at radius 3 is 2.56 bits per heavy atom. The molecule has 0 amide bonds.